The number of rotatable bonds is 17. The molecule has 0 bridgehead atoms. The second-order valence-corrected chi connectivity index (χ2v) is 10.7. The highest BCUT2D eigenvalue weighted by atomic mass is 16.7. The maximum atomic E-state index is 12.8. The Morgan fingerprint density at radius 1 is 0.875 bits per heavy atom. The van der Waals surface area contributed by atoms with E-state index in [0.717, 1.165) is 44.2 Å². The van der Waals surface area contributed by atoms with Crippen LogP contribution in [-0.2, 0) is 14.3 Å². The van der Waals surface area contributed by atoms with Crippen LogP contribution in [0.1, 0.15) is 137 Å². The summed E-state index contributed by atoms with van der Waals surface area (Å²) in [6, 6.07) is 0. The molecule has 5 heteroatoms. The minimum absolute atomic E-state index is 0.155. The molecule has 0 radical (unpaired) electrons. The zero-order chi connectivity index (χ0) is 23.8. The molecule has 1 heterocycles. The number of ether oxygens (including phenoxy) is 2. The van der Waals surface area contributed by atoms with Crippen molar-refractivity contribution in [2.24, 2.45) is 16.5 Å². The molecular formula is C27H51NO4. The summed E-state index contributed by atoms with van der Waals surface area (Å²) in [5, 5.41) is 13.2. The van der Waals surface area contributed by atoms with Crippen LogP contribution in [0.3, 0.4) is 0 Å². The third kappa shape index (κ3) is 11.7. The molecule has 5 nitrogen and oxygen atoms in total. The van der Waals surface area contributed by atoms with Crippen LogP contribution in [0.4, 0.5) is 0 Å². The Morgan fingerprint density at radius 2 is 1.41 bits per heavy atom. The molecule has 3 atom stereocenters. The topological polar surface area (TPSA) is 68.1 Å². The maximum Gasteiger partial charge on any atom is 0.313 e. The van der Waals surface area contributed by atoms with Gasteiger partial charge in [0, 0.05) is 11.8 Å². The Balaban J connectivity index is 2.53. The summed E-state index contributed by atoms with van der Waals surface area (Å²) in [5.41, 5.74) is 0.466. The fourth-order valence-electron chi connectivity index (χ4n) is 4.36. The fourth-order valence-corrected chi connectivity index (χ4v) is 4.36. The molecule has 0 aromatic carbocycles. The standard InChI is InChI=1S/C27H51NO4/c1-6-8-10-12-13-14-15-16-17-19-22(28-30)21-24-23(20-18-11-9-7-2)25(29)32-26(31-24)27(3,4)5/h23-24,26,30H,6-21H2,1-5H3/b28-22+/t23-,24-,26-/m0/s1. The van der Waals surface area contributed by atoms with E-state index in [1.54, 1.807) is 0 Å². The molecule has 1 fully saturated rings. The monoisotopic (exact) mass is 453 g/mol. The largest absolute Gasteiger partial charge is 0.435 e. The predicted molar refractivity (Wildman–Crippen MR) is 132 cm³/mol. The van der Waals surface area contributed by atoms with Crippen LogP contribution in [-0.4, -0.2) is 29.3 Å². The first-order valence-electron chi connectivity index (χ1n) is 13.4. The Kier molecular flexibility index (Phi) is 14.9. The lowest BCUT2D eigenvalue weighted by Crippen LogP contribution is -2.49. The number of hydrogen-bond acceptors (Lipinski definition) is 5. The average Bonchev–Trinajstić information content (AvgIpc) is 2.75. The van der Waals surface area contributed by atoms with Gasteiger partial charge in [0.05, 0.1) is 17.7 Å². The highest BCUT2D eigenvalue weighted by Crippen LogP contribution is 2.35. The van der Waals surface area contributed by atoms with Gasteiger partial charge in [-0.05, 0) is 19.3 Å². The molecule has 0 saturated carbocycles. The summed E-state index contributed by atoms with van der Waals surface area (Å²) in [7, 11) is 0. The Bertz CT molecular complexity index is 526. The first kappa shape index (κ1) is 28.9. The van der Waals surface area contributed by atoms with Crippen LogP contribution in [0.2, 0.25) is 0 Å². The molecule has 0 unspecified atom stereocenters. The van der Waals surface area contributed by atoms with Gasteiger partial charge in [-0.2, -0.15) is 0 Å². The number of oxime groups is 1. The third-order valence-electron chi connectivity index (χ3n) is 6.50. The quantitative estimate of drug-likeness (QED) is 0.0795. The average molecular weight is 454 g/mol. The van der Waals surface area contributed by atoms with Crippen molar-refractivity contribution in [2.45, 2.75) is 150 Å². The molecule has 0 spiro atoms. The van der Waals surface area contributed by atoms with Crippen LogP contribution in [0.15, 0.2) is 5.16 Å². The zero-order valence-corrected chi connectivity index (χ0v) is 21.7. The van der Waals surface area contributed by atoms with Crippen molar-refractivity contribution in [1.82, 2.24) is 0 Å². The number of esters is 1. The first-order valence-corrected chi connectivity index (χ1v) is 13.4. The van der Waals surface area contributed by atoms with Gasteiger partial charge in [-0.25, -0.2) is 0 Å². The van der Waals surface area contributed by atoms with Crippen molar-refractivity contribution in [3.05, 3.63) is 0 Å². The van der Waals surface area contributed by atoms with Crippen molar-refractivity contribution in [3.8, 4) is 0 Å². The third-order valence-corrected chi connectivity index (χ3v) is 6.50. The van der Waals surface area contributed by atoms with Crippen molar-refractivity contribution in [3.63, 3.8) is 0 Å². The lowest BCUT2D eigenvalue weighted by Gasteiger charge is -2.40. The van der Waals surface area contributed by atoms with Crippen molar-refractivity contribution >= 4 is 11.7 Å². The fraction of sp³-hybridized carbons (Fsp3) is 0.926. The minimum atomic E-state index is -0.556. The van der Waals surface area contributed by atoms with Crippen molar-refractivity contribution in [1.29, 1.82) is 0 Å². The van der Waals surface area contributed by atoms with Crippen molar-refractivity contribution < 1.29 is 19.5 Å². The van der Waals surface area contributed by atoms with Crippen molar-refractivity contribution in [2.75, 3.05) is 0 Å². The van der Waals surface area contributed by atoms with E-state index in [1.165, 1.54) is 57.8 Å². The van der Waals surface area contributed by atoms with E-state index in [1.807, 2.05) is 20.8 Å². The van der Waals surface area contributed by atoms with E-state index in [0.29, 0.717) is 6.42 Å². The van der Waals surface area contributed by atoms with E-state index in [2.05, 4.69) is 19.0 Å². The zero-order valence-electron chi connectivity index (χ0n) is 21.7. The van der Waals surface area contributed by atoms with E-state index < -0.39 is 6.29 Å². The molecule has 0 aliphatic carbocycles. The van der Waals surface area contributed by atoms with Gasteiger partial charge < -0.3 is 14.7 Å². The summed E-state index contributed by atoms with van der Waals surface area (Å²) in [4.78, 5) is 12.8. The molecule has 0 amide bonds. The summed E-state index contributed by atoms with van der Waals surface area (Å²) in [6.45, 7) is 10.5. The second kappa shape index (κ2) is 16.5. The molecule has 1 aliphatic heterocycles. The van der Waals surface area contributed by atoms with Gasteiger partial charge >= 0.3 is 5.97 Å². The van der Waals surface area contributed by atoms with Gasteiger partial charge in [-0.1, -0.05) is 117 Å². The molecular weight excluding hydrogens is 402 g/mol. The number of cyclic esters (lactones) is 1. The minimum Gasteiger partial charge on any atom is -0.435 e. The SMILES string of the molecule is CCCCCCCCCCC/C(C[C@@H]1O[C@H](C(C)(C)C)OC(=O)[C@H]1CCCCCC)=N\O. The molecule has 32 heavy (non-hydrogen) atoms. The van der Waals surface area contributed by atoms with E-state index in [-0.39, 0.29) is 23.4 Å². The highest BCUT2D eigenvalue weighted by molar-refractivity contribution is 5.85. The van der Waals surface area contributed by atoms with Gasteiger partial charge in [-0.3, -0.25) is 4.79 Å². The number of hydrogen-bond donors (Lipinski definition) is 1. The van der Waals surface area contributed by atoms with Crippen LogP contribution >= 0.6 is 0 Å². The van der Waals surface area contributed by atoms with Crippen LogP contribution < -0.4 is 0 Å². The van der Waals surface area contributed by atoms with E-state index in [9.17, 15) is 10.0 Å². The van der Waals surface area contributed by atoms with Crippen LogP contribution in [0.25, 0.3) is 0 Å². The predicted octanol–water partition coefficient (Wildman–Crippen LogP) is 8.03. The number of nitrogens with zero attached hydrogens (tertiary/aromatic N) is 1. The molecule has 0 aromatic rings. The summed E-state index contributed by atoms with van der Waals surface area (Å²) in [6.07, 6.45) is 17.1. The lowest BCUT2D eigenvalue weighted by molar-refractivity contribution is -0.256. The second-order valence-electron chi connectivity index (χ2n) is 10.7. The maximum absolute atomic E-state index is 12.8. The molecule has 0 aromatic heterocycles. The smallest absolute Gasteiger partial charge is 0.313 e. The van der Waals surface area contributed by atoms with Crippen LogP contribution in [0.5, 0.6) is 0 Å². The highest BCUT2D eigenvalue weighted by Gasteiger charge is 2.43. The lowest BCUT2D eigenvalue weighted by atomic mass is 9.88. The number of carbonyl (C=O) groups is 1. The summed E-state index contributed by atoms with van der Waals surface area (Å²) in [5.74, 6) is -0.427. The first-order chi connectivity index (χ1) is 15.3. The molecule has 1 N–H and O–H groups in total. The molecule has 1 saturated heterocycles. The van der Waals surface area contributed by atoms with Gasteiger partial charge in [0.2, 0.25) is 6.29 Å². The van der Waals surface area contributed by atoms with Gasteiger partial charge in [0.25, 0.3) is 0 Å². The Morgan fingerprint density at radius 3 is 1.94 bits per heavy atom. The molecule has 188 valence electrons. The Hall–Kier alpha value is -1.10. The molecule has 1 rings (SSSR count). The van der Waals surface area contributed by atoms with E-state index >= 15 is 0 Å². The normalized spacial score (nSPS) is 22.2. The van der Waals surface area contributed by atoms with Gasteiger partial charge in [0.1, 0.15) is 0 Å². The number of unbranched alkanes of at least 4 members (excludes halogenated alkanes) is 11. The van der Waals surface area contributed by atoms with Gasteiger partial charge in [-0.15, -0.1) is 0 Å². The Labute approximate surface area is 197 Å². The summed E-state index contributed by atoms with van der Waals surface area (Å²) >= 11 is 0. The van der Waals surface area contributed by atoms with Gasteiger partial charge in [0.15, 0.2) is 0 Å². The molecule has 1 aliphatic rings. The van der Waals surface area contributed by atoms with Crippen LogP contribution in [0, 0.1) is 11.3 Å². The van der Waals surface area contributed by atoms with E-state index in [4.69, 9.17) is 9.47 Å². The number of carbonyl (C=O) groups excluding carboxylic acids is 1. The summed E-state index contributed by atoms with van der Waals surface area (Å²) < 4.78 is 11.9.